The van der Waals surface area contributed by atoms with Crippen molar-refractivity contribution in [2.45, 2.75) is 52.2 Å². The Morgan fingerprint density at radius 2 is 1.71 bits per heavy atom. The minimum absolute atomic E-state index is 0.0893. The Morgan fingerprint density at radius 1 is 1.00 bits per heavy atom. The lowest BCUT2D eigenvalue weighted by Crippen LogP contribution is -2.27. The highest BCUT2D eigenvalue weighted by Crippen LogP contribution is 2.32. The third kappa shape index (κ3) is 5.84. The SMILES string of the molecule is CCC(C)c1ccc(C(CC)NC(=O)c2ccc(COc3cccc(Cl)c3Cl)o2)cc1. The zero-order chi connectivity index (χ0) is 22.4. The van der Waals surface area contributed by atoms with E-state index in [0.717, 1.165) is 18.4 Å². The van der Waals surface area contributed by atoms with Crippen LogP contribution in [0.25, 0.3) is 0 Å². The molecule has 0 saturated carbocycles. The van der Waals surface area contributed by atoms with E-state index in [1.807, 2.05) is 6.92 Å². The van der Waals surface area contributed by atoms with Gasteiger partial charge in [0.2, 0.25) is 0 Å². The summed E-state index contributed by atoms with van der Waals surface area (Å²) in [7, 11) is 0. The van der Waals surface area contributed by atoms with Crippen LogP contribution in [0.3, 0.4) is 0 Å². The van der Waals surface area contributed by atoms with E-state index in [2.05, 4.69) is 43.4 Å². The van der Waals surface area contributed by atoms with Crippen LogP contribution in [0.15, 0.2) is 59.0 Å². The fourth-order valence-electron chi connectivity index (χ4n) is 3.26. The number of furan rings is 1. The number of carbonyl (C=O) groups is 1. The number of hydrogen-bond acceptors (Lipinski definition) is 3. The minimum Gasteiger partial charge on any atom is -0.484 e. The van der Waals surface area contributed by atoms with Gasteiger partial charge in [-0.05, 0) is 54.2 Å². The molecule has 31 heavy (non-hydrogen) atoms. The van der Waals surface area contributed by atoms with Crippen molar-refractivity contribution in [1.29, 1.82) is 0 Å². The summed E-state index contributed by atoms with van der Waals surface area (Å²) in [6.45, 7) is 6.58. The summed E-state index contributed by atoms with van der Waals surface area (Å²) in [5, 5.41) is 3.82. The number of carbonyl (C=O) groups excluding carboxylic acids is 1. The van der Waals surface area contributed by atoms with Gasteiger partial charge in [0.15, 0.2) is 5.76 Å². The first kappa shape index (κ1) is 23.2. The van der Waals surface area contributed by atoms with Crippen LogP contribution < -0.4 is 10.1 Å². The molecule has 0 fully saturated rings. The molecule has 0 aliphatic heterocycles. The third-order valence-corrected chi connectivity index (χ3v) is 6.21. The lowest BCUT2D eigenvalue weighted by molar-refractivity contribution is 0.0903. The number of ether oxygens (including phenoxy) is 1. The standard InChI is InChI=1S/C25H27Cl2NO3/c1-4-16(3)17-9-11-18(12-10-17)21(5-2)28-25(29)23-14-13-19(31-23)15-30-22-8-6-7-20(26)24(22)27/h6-14,16,21H,4-5,15H2,1-3H3,(H,28,29). The average molecular weight is 460 g/mol. The number of hydrogen-bond donors (Lipinski definition) is 1. The fraction of sp³-hybridized carbons (Fsp3) is 0.320. The van der Waals surface area contributed by atoms with Crippen LogP contribution in [0.5, 0.6) is 5.75 Å². The predicted molar refractivity (Wildman–Crippen MR) is 125 cm³/mol. The van der Waals surface area contributed by atoms with E-state index in [1.165, 1.54) is 5.56 Å². The average Bonchev–Trinajstić information content (AvgIpc) is 3.27. The minimum atomic E-state index is -0.259. The van der Waals surface area contributed by atoms with Gasteiger partial charge in [0.05, 0.1) is 11.1 Å². The van der Waals surface area contributed by atoms with E-state index in [0.29, 0.717) is 27.5 Å². The number of amides is 1. The molecule has 1 N–H and O–H groups in total. The van der Waals surface area contributed by atoms with Crippen LogP contribution in [0, 0.1) is 0 Å². The molecule has 4 nitrogen and oxygen atoms in total. The summed E-state index contributed by atoms with van der Waals surface area (Å²) in [6.07, 6.45) is 1.87. The second-order valence-corrected chi connectivity index (χ2v) is 8.30. The maximum absolute atomic E-state index is 12.7. The Hall–Kier alpha value is -2.43. The highest BCUT2D eigenvalue weighted by atomic mass is 35.5. The Kier molecular flexibility index (Phi) is 8.05. The zero-order valence-electron chi connectivity index (χ0n) is 18.0. The zero-order valence-corrected chi connectivity index (χ0v) is 19.5. The largest absolute Gasteiger partial charge is 0.484 e. The molecular weight excluding hydrogens is 433 g/mol. The van der Waals surface area contributed by atoms with E-state index in [1.54, 1.807) is 30.3 Å². The van der Waals surface area contributed by atoms with Gasteiger partial charge in [-0.2, -0.15) is 0 Å². The molecule has 3 rings (SSSR count). The molecule has 2 aromatic carbocycles. The van der Waals surface area contributed by atoms with Gasteiger partial charge >= 0.3 is 0 Å². The lowest BCUT2D eigenvalue weighted by Gasteiger charge is -2.18. The van der Waals surface area contributed by atoms with Crippen molar-refractivity contribution in [2.24, 2.45) is 0 Å². The Labute approximate surface area is 193 Å². The topological polar surface area (TPSA) is 51.5 Å². The molecule has 0 aliphatic rings. The number of rotatable bonds is 9. The van der Waals surface area contributed by atoms with E-state index >= 15 is 0 Å². The first-order valence-electron chi connectivity index (χ1n) is 10.5. The van der Waals surface area contributed by atoms with E-state index in [9.17, 15) is 4.79 Å². The van der Waals surface area contributed by atoms with Crippen molar-refractivity contribution in [3.63, 3.8) is 0 Å². The molecule has 3 aromatic rings. The van der Waals surface area contributed by atoms with Crippen LogP contribution in [0.4, 0.5) is 0 Å². The smallest absolute Gasteiger partial charge is 0.287 e. The highest BCUT2D eigenvalue weighted by Gasteiger charge is 2.18. The van der Waals surface area contributed by atoms with Crippen LogP contribution >= 0.6 is 23.2 Å². The van der Waals surface area contributed by atoms with Gasteiger partial charge in [0.25, 0.3) is 5.91 Å². The fourth-order valence-corrected chi connectivity index (χ4v) is 3.61. The third-order valence-electron chi connectivity index (χ3n) is 5.41. The van der Waals surface area contributed by atoms with E-state index in [-0.39, 0.29) is 24.3 Å². The molecule has 6 heteroatoms. The Balaban J connectivity index is 1.62. The van der Waals surface area contributed by atoms with Crippen molar-refractivity contribution in [3.8, 4) is 5.75 Å². The molecule has 2 atom stereocenters. The lowest BCUT2D eigenvalue weighted by atomic mass is 9.95. The van der Waals surface area contributed by atoms with Gasteiger partial charge < -0.3 is 14.5 Å². The number of halogens is 2. The summed E-state index contributed by atoms with van der Waals surface area (Å²) in [5.41, 5.74) is 2.39. The van der Waals surface area contributed by atoms with Crippen molar-refractivity contribution >= 4 is 29.1 Å². The van der Waals surface area contributed by atoms with Crippen LogP contribution in [-0.2, 0) is 6.61 Å². The highest BCUT2D eigenvalue weighted by molar-refractivity contribution is 6.42. The molecule has 0 saturated heterocycles. The predicted octanol–water partition coefficient (Wildman–Crippen LogP) is 7.56. The maximum atomic E-state index is 12.7. The van der Waals surface area contributed by atoms with Crippen molar-refractivity contribution in [3.05, 3.63) is 87.3 Å². The van der Waals surface area contributed by atoms with Crippen molar-refractivity contribution in [2.75, 3.05) is 0 Å². The van der Waals surface area contributed by atoms with Gasteiger partial charge in [0.1, 0.15) is 23.1 Å². The maximum Gasteiger partial charge on any atom is 0.287 e. The van der Waals surface area contributed by atoms with Gasteiger partial charge in [-0.15, -0.1) is 0 Å². The van der Waals surface area contributed by atoms with Crippen LogP contribution in [0.2, 0.25) is 10.0 Å². The van der Waals surface area contributed by atoms with Crippen LogP contribution in [0.1, 0.15) is 73.0 Å². The van der Waals surface area contributed by atoms with Gasteiger partial charge in [0, 0.05) is 0 Å². The summed E-state index contributed by atoms with van der Waals surface area (Å²) in [4.78, 5) is 12.7. The van der Waals surface area contributed by atoms with E-state index < -0.39 is 0 Å². The molecule has 0 bridgehead atoms. The quantitative estimate of drug-likeness (QED) is 0.359. The second kappa shape index (κ2) is 10.7. The summed E-state index contributed by atoms with van der Waals surface area (Å²) >= 11 is 12.1. The first-order chi connectivity index (χ1) is 14.9. The second-order valence-electron chi connectivity index (χ2n) is 7.52. The monoisotopic (exact) mass is 459 g/mol. The Morgan fingerprint density at radius 3 is 2.39 bits per heavy atom. The molecule has 2 unspecified atom stereocenters. The summed E-state index contributed by atoms with van der Waals surface area (Å²) in [5.74, 6) is 1.49. The molecule has 0 aliphatic carbocycles. The molecule has 1 aromatic heterocycles. The van der Waals surface area contributed by atoms with Crippen molar-refractivity contribution < 1.29 is 13.9 Å². The first-order valence-corrected chi connectivity index (χ1v) is 11.2. The van der Waals surface area contributed by atoms with E-state index in [4.69, 9.17) is 32.4 Å². The number of nitrogens with one attached hydrogen (secondary N) is 1. The Bertz CT molecular complexity index is 1010. The van der Waals surface area contributed by atoms with Gasteiger partial charge in [-0.1, -0.05) is 74.3 Å². The molecule has 0 radical (unpaired) electrons. The van der Waals surface area contributed by atoms with Gasteiger partial charge in [-0.3, -0.25) is 4.79 Å². The van der Waals surface area contributed by atoms with Crippen molar-refractivity contribution in [1.82, 2.24) is 5.32 Å². The molecule has 164 valence electrons. The normalized spacial score (nSPS) is 12.9. The number of benzene rings is 2. The van der Waals surface area contributed by atoms with Crippen LogP contribution in [-0.4, -0.2) is 5.91 Å². The summed E-state index contributed by atoms with van der Waals surface area (Å²) in [6, 6.07) is 16.9. The molecule has 0 spiro atoms. The summed E-state index contributed by atoms with van der Waals surface area (Å²) < 4.78 is 11.3. The molecular formula is C25H27Cl2NO3. The molecule has 1 heterocycles. The van der Waals surface area contributed by atoms with Gasteiger partial charge in [-0.25, -0.2) is 0 Å². The molecule has 1 amide bonds.